The summed E-state index contributed by atoms with van der Waals surface area (Å²) in [4.78, 5) is 19.4. The van der Waals surface area contributed by atoms with Crippen molar-refractivity contribution in [3.8, 4) is 5.75 Å². The van der Waals surface area contributed by atoms with Crippen molar-refractivity contribution in [3.63, 3.8) is 0 Å². The summed E-state index contributed by atoms with van der Waals surface area (Å²) in [6.07, 6.45) is 3.71. The van der Waals surface area contributed by atoms with Gasteiger partial charge < -0.3 is 15.0 Å². The number of rotatable bonds is 5. The molecule has 1 aromatic heterocycles. The molecule has 0 unspecified atom stereocenters. The highest BCUT2D eigenvalue weighted by atomic mass is 19.1. The van der Waals surface area contributed by atoms with Crippen LogP contribution in [0.3, 0.4) is 0 Å². The highest BCUT2D eigenvalue weighted by Crippen LogP contribution is 2.27. The Morgan fingerprint density at radius 1 is 1.10 bits per heavy atom. The average molecular weight is 393 g/mol. The summed E-state index contributed by atoms with van der Waals surface area (Å²) in [5.74, 6) is 0.860. The number of nitrogens with zero attached hydrogens (tertiary/aromatic N) is 2. The Bertz CT molecular complexity index is 1010. The Labute approximate surface area is 169 Å². The smallest absolute Gasteiger partial charge is 0.262 e. The zero-order chi connectivity index (χ0) is 20.2. The van der Waals surface area contributed by atoms with Gasteiger partial charge in [-0.3, -0.25) is 4.79 Å². The van der Waals surface area contributed by atoms with E-state index in [1.807, 2.05) is 18.2 Å². The van der Waals surface area contributed by atoms with Crippen molar-refractivity contribution >= 4 is 28.3 Å². The number of anilines is 2. The molecule has 1 amide bonds. The molecule has 0 aliphatic carbocycles. The lowest BCUT2D eigenvalue weighted by Crippen LogP contribution is -2.30. The molecule has 3 aromatic rings. The molecular formula is C23H24FN3O2. The maximum absolute atomic E-state index is 12.9. The zero-order valence-electron chi connectivity index (χ0n) is 16.5. The molecule has 0 spiro atoms. The van der Waals surface area contributed by atoms with Crippen LogP contribution < -0.4 is 15.0 Å². The molecule has 2 aromatic carbocycles. The van der Waals surface area contributed by atoms with Crippen molar-refractivity contribution in [1.29, 1.82) is 0 Å². The number of halogens is 1. The van der Waals surface area contributed by atoms with Crippen LogP contribution in [0, 0.1) is 12.7 Å². The van der Waals surface area contributed by atoms with Gasteiger partial charge in [0, 0.05) is 24.2 Å². The number of pyridine rings is 1. The number of aromatic nitrogens is 1. The monoisotopic (exact) mass is 393 g/mol. The first-order valence-corrected chi connectivity index (χ1v) is 9.93. The second-order valence-corrected chi connectivity index (χ2v) is 7.37. The number of carbonyl (C=O) groups is 1. The molecule has 0 bridgehead atoms. The molecule has 1 aliphatic rings. The van der Waals surface area contributed by atoms with Gasteiger partial charge >= 0.3 is 0 Å². The second kappa shape index (κ2) is 8.47. The number of hydrogen-bond acceptors (Lipinski definition) is 4. The summed E-state index contributed by atoms with van der Waals surface area (Å²) >= 11 is 0. The molecular weight excluding hydrogens is 369 g/mol. The van der Waals surface area contributed by atoms with E-state index in [4.69, 9.17) is 9.72 Å². The van der Waals surface area contributed by atoms with Crippen molar-refractivity contribution in [3.05, 3.63) is 59.9 Å². The third kappa shape index (κ3) is 4.65. The molecule has 0 atom stereocenters. The molecule has 2 heterocycles. The molecule has 6 heteroatoms. The van der Waals surface area contributed by atoms with E-state index >= 15 is 0 Å². The summed E-state index contributed by atoms with van der Waals surface area (Å²) < 4.78 is 18.3. The number of benzene rings is 2. The second-order valence-electron chi connectivity index (χ2n) is 7.37. The van der Waals surface area contributed by atoms with E-state index in [1.54, 1.807) is 0 Å². The van der Waals surface area contributed by atoms with Gasteiger partial charge in [0.2, 0.25) is 0 Å². The van der Waals surface area contributed by atoms with E-state index in [9.17, 15) is 9.18 Å². The third-order valence-electron chi connectivity index (χ3n) is 5.15. The van der Waals surface area contributed by atoms with Crippen LogP contribution in [0.2, 0.25) is 0 Å². The molecule has 150 valence electrons. The largest absolute Gasteiger partial charge is 0.484 e. The lowest BCUT2D eigenvalue weighted by atomic mass is 10.1. The number of carbonyl (C=O) groups excluding carboxylic acids is 1. The Hall–Kier alpha value is -3.15. The summed E-state index contributed by atoms with van der Waals surface area (Å²) in [6.45, 7) is 4.04. The number of nitrogens with one attached hydrogen (secondary N) is 1. The maximum Gasteiger partial charge on any atom is 0.262 e. The topological polar surface area (TPSA) is 54.5 Å². The molecule has 29 heavy (non-hydrogen) atoms. The van der Waals surface area contributed by atoms with Gasteiger partial charge in [-0.2, -0.15) is 0 Å². The number of hydrogen-bond donors (Lipinski definition) is 1. The number of ether oxygens (including phenoxy) is 1. The quantitative estimate of drug-likeness (QED) is 0.683. The first-order valence-electron chi connectivity index (χ1n) is 9.93. The fourth-order valence-corrected chi connectivity index (χ4v) is 3.62. The Morgan fingerprint density at radius 3 is 2.62 bits per heavy atom. The van der Waals surface area contributed by atoms with Gasteiger partial charge in [0.1, 0.15) is 17.4 Å². The lowest BCUT2D eigenvalue weighted by molar-refractivity contribution is -0.118. The van der Waals surface area contributed by atoms with Crippen LogP contribution in [0.5, 0.6) is 5.75 Å². The summed E-state index contributed by atoms with van der Waals surface area (Å²) in [6, 6.07) is 13.4. The van der Waals surface area contributed by atoms with Crippen LogP contribution in [-0.2, 0) is 4.79 Å². The van der Waals surface area contributed by atoms with Gasteiger partial charge in [0.15, 0.2) is 6.61 Å². The normalized spacial score (nSPS) is 14.1. The average Bonchev–Trinajstić information content (AvgIpc) is 2.74. The fourth-order valence-electron chi connectivity index (χ4n) is 3.62. The molecule has 0 saturated carbocycles. The number of piperidine rings is 1. The Morgan fingerprint density at radius 2 is 1.86 bits per heavy atom. The molecule has 1 saturated heterocycles. The van der Waals surface area contributed by atoms with Gasteiger partial charge in [0.25, 0.3) is 5.91 Å². The molecule has 0 radical (unpaired) electrons. The molecule has 5 nitrogen and oxygen atoms in total. The van der Waals surface area contributed by atoms with Crippen molar-refractivity contribution in [2.45, 2.75) is 26.2 Å². The lowest BCUT2D eigenvalue weighted by Gasteiger charge is -2.28. The Kier molecular flexibility index (Phi) is 5.60. The van der Waals surface area contributed by atoms with Crippen LogP contribution in [0.15, 0.2) is 48.5 Å². The Balaban J connectivity index is 1.44. The van der Waals surface area contributed by atoms with E-state index < -0.39 is 0 Å². The molecule has 1 N–H and O–H groups in total. The SMILES string of the molecule is Cc1cc(N2CCCCC2)nc2ccc(NC(=O)COc3ccc(F)cc3)cc12. The molecule has 4 rings (SSSR count). The van der Waals surface area contributed by atoms with Gasteiger partial charge in [-0.1, -0.05) is 0 Å². The highest BCUT2D eigenvalue weighted by Gasteiger charge is 2.14. The van der Waals surface area contributed by atoms with Crippen molar-refractivity contribution < 1.29 is 13.9 Å². The van der Waals surface area contributed by atoms with Crippen LogP contribution in [0.4, 0.5) is 15.9 Å². The van der Waals surface area contributed by atoms with Gasteiger partial charge in [-0.25, -0.2) is 9.37 Å². The molecule has 1 aliphatic heterocycles. The number of aryl methyl sites for hydroxylation is 1. The first kappa shape index (κ1) is 19.2. The summed E-state index contributed by atoms with van der Waals surface area (Å²) in [5.41, 5.74) is 2.75. The van der Waals surface area contributed by atoms with Crippen molar-refractivity contribution in [1.82, 2.24) is 4.98 Å². The van der Waals surface area contributed by atoms with E-state index in [0.29, 0.717) is 11.4 Å². The van der Waals surface area contributed by atoms with Crippen LogP contribution in [-0.4, -0.2) is 30.6 Å². The zero-order valence-corrected chi connectivity index (χ0v) is 16.5. The van der Waals surface area contributed by atoms with Crippen molar-refractivity contribution in [2.24, 2.45) is 0 Å². The maximum atomic E-state index is 12.9. The van der Waals surface area contributed by atoms with Crippen LogP contribution >= 0.6 is 0 Å². The molecule has 1 fully saturated rings. The highest BCUT2D eigenvalue weighted by molar-refractivity contribution is 5.95. The predicted molar refractivity (Wildman–Crippen MR) is 113 cm³/mol. The van der Waals surface area contributed by atoms with E-state index in [2.05, 4.69) is 23.2 Å². The third-order valence-corrected chi connectivity index (χ3v) is 5.15. The van der Waals surface area contributed by atoms with Gasteiger partial charge in [0.05, 0.1) is 5.52 Å². The number of amides is 1. The number of fused-ring (bicyclic) bond motifs is 1. The van der Waals surface area contributed by atoms with Crippen molar-refractivity contribution in [2.75, 3.05) is 29.9 Å². The van der Waals surface area contributed by atoms with E-state index in [1.165, 1.54) is 43.5 Å². The fraction of sp³-hybridized carbons (Fsp3) is 0.304. The minimum atomic E-state index is -0.342. The minimum Gasteiger partial charge on any atom is -0.484 e. The summed E-state index contributed by atoms with van der Waals surface area (Å²) in [7, 11) is 0. The predicted octanol–water partition coefficient (Wildman–Crippen LogP) is 4.69. The van der Waals surface area contributed by atoms with Gasteiger partial charge in [-0.05, 0) is 80.3 Å². The minimum absolute atomic E-state index is 0.144. The van der Waals surface area contributed by atoms with Gasteiger partial charge in [-0.15, -0.1) is 0 Å². The van der Waals surface area contributed by atoms with Crippen LogP contribution in [0.25, 0.3) is 10.9 Å². The standard InChI is InChI=1S/C23H24FN3O2/c1-16-13-22(27-11-3-2-4-12-27)26-21-10-7-18(14-20(16)21)25-23(28)15-29-19-8-5-17(24)6-9-19/h5-10,13-14H,2-4,11-12,15H2,1H3,(H,25,28). The van der Waals surface area contributed by atoms with E-state index in [-0.39, 0.29) is 18.3 Å². The first-order chi connectivity index (χ1) is 14.1. The van der Waals surface area contributed by atoms with Crippen LogP contribution in [0.1, 0.15) is 24.8 Å². The van der Waals surface area contributed by atoms with E-state index in [0.717, 1.165) is 35.4 Å². The summed E-state index contributed by atoms with van der Waals surface area (Å²) in [5, 5.41) is 3.86.